The van der Waals surface area contributed by atoms with Gasteiger partial charge in [-0.1, -0.05) is 18.2 Å². The van der Waals surface area contributed by atoms with Crippen LogP contribution in [0.5, 0.6) is 0 Å². The average Bonchev–Trinajstić information content (AvgIpc) is 2.03. The molecule has 0 aromatic rings. The number of rotatable bonds is 5. The number of nitrogens with zero attached hydrogens (tertiary/aromatic N) is 1. The predicted molar refractivity (Wildman–Crippen MR) is 58.7 cm³/mol. The number of aliphatic carboxylic acids is 1. The fourth-order valence-electron chi connectivity index (χ4n) is 1.21. The summed E-state index contributed by atoms with van der Waals surface area (Å²) >= 11 is 5.56. The smallest absolute Gasteiger partial charge is 0.325 e. The van der Waals surface area contributed by atoms with E-state index in [1.54, 1.807) is 37.2 Å². The van der Waals surface area contributed by atoms with E-state index in [-0.39, 0.29) is 0 Å². The summed E-state index contributed by atoms with van der Waals surface area (Å²) in [5.74, 6) is -0.554. The maximum atomic E-state index is 11.0. The molecule has 0 heterocycles. The first kappa shape index (κ1) is 13.2. The molecule has 1 unspecified atom stereocenters. The van der Waals surface area contributed by atoms with E-state index in [9.17, 15) is 4.79 Å². The zero-order valence-corrected chi connectivity index (χ0v) is 9.45. The van der Waals surface area contributed by atoms with Crippen molar-refractivity contribution in [1.29, 1.82) is 0 Å². The fourth-order valence-corrected chi connectivity index (χ4v) is 1.39. The summed E-state index contributed by atoms with van der Waals surface area (Å²) in [4.78, 5) is 12.6. The first-order valence-corrected chi connectivity index (χ1v) is 4.86. The molecule has 0 amide bonds. The lowest BCUT2D eigenvalue weighted by atomic mass is 10.1. The van der Waals surface area contributed by atoms with Crippen molar-refractivity contribution in [3.05, 3.63) is 23.8 Å². The van der Waals surface area contributed by atoms with Gasteiger partial charge >= 0.3 is 5.97 Å². The molecule has 0 saturated heterocycles. The van der Waals surface area contributed by atoms with Crippen LogP contribution in [0.3, 0.4) is 0 Å². The van der Waals surface area contributed by atoms with Crippen molar-refractivity contribution in [2.75, 3.05) is 20.0 Å². The van der Waals surface area contributed by atoms with Crippen LogP contribution in [0.4, 0.5) is 0 Å². The number of carbonyl (C=O) groups is 1. The Bertz CT molecular complexity index is 247. The van der Waals surface area contributed by atoms with Crippen LogP contribution in [0.2, 0.25) is 0 Å². The molecule has 0 saturated carbocycles. The molecule has 80 valence electrons. The normalized spacial score (nSPS) is 15.1. The van der Waals surface area contributed by atoms with E-state index in [0.717, 1.165) is 0 Å². The lowest BCUT2D eigenvalue weighted by Crippen LogP contribution is -2.36. The molecule has 0 aliphatic rings. The third-order valence-corrected chi connectivity index (χ3v) is 1.89. The largest absolute Gasteiger partial charge is 0.480 e. The van der Waals surface area contributed by atoms with Gasteiger partial charge in [-0.15, -0.1) is 11.6 Å². The molecular formula is C10H16ClNO2. The maximum absolute atomic E-state index is 11.0. The molecule has 0 aliphatic carbocycles. The molecule has 0 spiro atoms. The Hall–Kier alpha value is -0.800. The summed E-state index contributed by atoms with van der Waals surface area (Å²) in [5, 5.41) is 9.01. The van der Waals surface area contributed by atoms with Gasteiger partial charge < -0.3 is 5.11 Å². The summed E-state index contributed by atoms with van der Waals surface area (Å²) < 4.78 is 0. The van der Waals surface area contributed by atoms with E-state index < -0.39 is 12.0 Å². The van der Waals surface area contributed by atoms with Gasteiger partial charge in [0.2, 0.25) is 0 Å². The fraction of sp³-hybridized carbons (Fsp3) is 0.500. The Kier molecular flexibility index (Phi) is 6.25. The number of carboxylic acid groups (broad SMARTS) is 1. The highest BCUT2D eigenvalue weighted by atomic mass is 35.5. The van der Waals surface area contributed by atoms with Crippen molar-refractivity contribution in [1.82, 2.24) is 4.90 Å². The van der Waals surface area contributed by atoms with Crippen LogP contribution >= 0.6 is 11.6 Å². The van der Waals surface area contributed by atoms with Gasteiger partial charge in [0.25, 0.3) is 0 Å². The van der Waals surface area contributed by atoms with E-state index in [1.165, 1.54) is 0 Å². The first-order chi connectivity index (χ1) is 6.54. The minimum Gasteiger partial charge on any atom is -0.480 e. The minimum atomic E-state index is -0.871. The molecule has 0 aromatic heterocycles. The second-order valence-corrected chi connectivity index (χ2v) is 3.37. The van der Waals surface area contributed by atoms with Crippen molar-refractivity contribution < 1.29 is 9.90 Å². The molecule has 0 aromatic carbocycles. The van der Waals surface area contributed by atoms with E-state index in [1.807, 2.05) is 6.92 Å². The second-order valence-electron chi connectivity index (χ2n) is 3.06. The minimum absolute atomic E-state index is 0.317. The van der Waals surface area contributed by atoms with Gasteiger partial charge in [0.1, 0.15) is 6.04 Å². The van der Waals surface area contributed by atoms with E-state index in [4.69, 9.17) is 16.7 Å². The number of hydrogen-bond donors (Lipinski definition) is 1. The zero-order chi connectivity index (χ0) is 11.1. The van der Waals surface area contributed by atoms with Gasteiger partial charge in [0.15, 0.2) is 0 Å². The van der Waals surface area contributed by atoms with Crippen LogP contribution in [0, 0.1) is 0 Å². The van der Waals surface area contributed by atoms with Crippen molar-refractivity contribution >= 4 is 17.6 Å². The van der Waals surface area contributed by atoms with Crippen LogP contribution in [-0.4, -0.2) is 42.0 Å². The van der Waals surface area contributed by atoms with Crippen LogP contribution < -0.4 is 0 Å². The Morgan fingerprint density at radius 2 is 2.14 bits per heavy atom. The molecule has 4 heteroatoms. The topological polar surface area (TPSA) is 40.5 Å². The molecule has 0 fully saturated rings. The summed E-state index contributed by atoms with van der Waals surface area (Å²) in [6.45, 7) is 1.84. The summed E-state index contributed by atoms with van der Waals surface area (Å²) in [6.07, 6.45) is 5.28. The molecule has 0 rings (SSSR count). The maximum Gasteiger partial charge on any atom is 0.325 e. The van der Waals surface area contributed by atoms with Gasteiger partial charge in [-0.25, -0.2) is 0 Å². The molecule has 14 heavy (non-hydrogen) atoms. The lowest BCUT2D eigenvalue weighted by molar-refractivity contribution is -0.140. The summed E-state index contributed by atoms with van der Waals surface area (Å²) in [5.41, 5.74) is 0.708. The highest BCUT2D eigenvalue weighted by molar-refractivity contribution is 6.19. The molecular weight excluding hydrogens is 202 g/mol. The number of likely N-dealkylation sites (N-methyl/N-ethyl adjacent to an activating group) is 1. The monoisotopic (exact) mass is 217 g/mol. The highest BCUT2D eigenvalue weighted by Gasteiger charge is 2.22. The number of allylic oxidation sites excluding steroid dienone is 2. The predicted octanol–water partition coefficient (Wildman–Crippen LogP) is 1.74. The number of halogens is 1. The van der Waals surface area contributed by atoms with Crippen molar-refractivity contribution in [3.63, 3.8) is 0 Å². The van der Waals surface area contributed by atoms with E-state index in [0.29, 0.717) is 11.5 Å². The number of alkyl halides is 1. The van der Waals surface area contributed by atoms with Gasteiger partial charge in [0.05, 0.1) is 0 Å². The Labute approximate surface area is 89.7 Å². The van der Waals surface area contributed by atoms with Gasteiger partial charge in [-0.2, -0.15) is 0 Å². The number of hydrogen-bond acceptors (Lipinski definition) is 2. The summed E-state index contributed by atoms with van der Waals surface area (Å²) in [7, 11) is 3.45. The van der Waals surface area contributed by atoms with Crippen molar-refractivity contribution in [2.24, 2.45) is 0 Å². The van der Waals surface area contributed by atoms with E-state index >= 15 is 0 Å². The Morgan fingerprint density at radius 3 is 2.43 bits per heavy atom. The lowest BCUT2D eigenvalue weighted by Gasteiger charge is -2.21. The SMILES string of the molecule is C/C=C\C(=C/CCl)C(C(=O)O)N(C)C. The average molecular weight is 218 g/mol. The molecule has 0 aliphatic heterocycles. The van der Waals surface area contributed by atoms with Crippen molar-refractivity contribution in [2.45, 2.75) is 13.0 Å². The molecule has 1 atom stereocenters. The zero-order valence-electron chi connectivity index (χ0n) is 8.70. The van der Waals surface area contributed by atoms with Gasteiger partial charge in [-0.05, 0) is 26.6 Å². The first-order valence-electron chi connectivity index (χ1n) is 4.32. The van der Waals surface area contributed by atoms with Crippen LogP contribution in [0.1, 0.15) is 6.92 Å². The third-order valence-electron chi connectivity index (χ3n) is 1.74. The van der Waals surface area contributed by atoms with Gasteiger partial charge in [0, 0.05) is 5.88 Å². The van der Waals surface area contributed by atoms with E-state index in [2.05, 4.69) is 0 Å². The quantitative estimate of drug-likeness (QED) is 0.564. The van der Waals surface area contributed by atoms with Crippen LogP contribution in [0.15, 0.2) is 23.8 Å². The Balaban J connectivity index is 4.92. The van der Waals surface area contributed by atoms with Gasteiger partial charge in [-0.3, -0.25) is 9.69 Å². The molecule has 1 N–H and O–H groups in total. The molecule has 0 bridgehead atoms. The molecule has 3 nitrogen and oxygen atoms in total. The van der Waals surface area contributed by atoms with Crippen LogP contribution in [0.25, 0.3) is 0 Å². The van der Waals surface area contributed by atoms with Crippen molar-refractivity contribution in [3.8, 4) is 0 Å². The standard InChI is InChI=1S/C10H16ClNO2/c1-4-5-8(6-7-11)9(10(13)14)12(2)3/h4-6,9H,7H2,1-3H3,(H,13,14)/b5-4-,8-6+. The highest BCUT2D eigenvalue weighted by Crippen LogP contribution is 2.10. The van der Waals surface area contributed by atoms with Crippen LogP contribution in [-0.2, 0) is 4.79 Å². The molecule has 0 radical (unpaired) electrons. The summed E-state index contributed by atoms with van der Waals surface area (Å²) in [6, 6.07) is -0.634. The number of carboxylic acids is 1. The second kappa shape index (κ2) is 6.62. The Morgan fingerprint density at radius 1 is 1.57 bits per heavy atom. The third kappa shape index (κ3) is 3.94.